The highest BCUT2D eigenvalue weighted by atomic mass is 35.5. The summed E-state index contributed by atoms with van der Waals surface area (Å²) in [6, 6.07) is 15.9. The highest BCUT2D eigenvalue weighted by molar-refractivity contribution is 6.34. The molecule has 0 bridgehead atoms. The van der Waals surface area contributed by atoms with Gasteiger partial charge in [-0.15, -0.1) is 0 Å². The molecule has 1 saturated carbocycles. The first-order valence-corrected chi connectivity index (χ1v) is 13.2. The fourth-order valence-electron chi connectivity index (χ4n) is 4.32. The average molecular weight is 559 g/mol. The van der Waals surface area contributed by atoms with Gasteiger partial charge in [0.15, 0.2) is 5.75 Å². The first kappa shape index (κ1) is 26.9. The number of amides is 3. The molecule has 204 valence electrons. The lowest BCUT2D eigenvalue weighted by Crippen LogP contribution is -2.39. The summed E-state index contributed by atoms with van der Waals surface area (Å²) in [5.74, 6) is -0.403. The van der Waals surface area contributed by atoms with E-state index in [4.69, 9.17) is 11.6 Å². The molecule has 0 aliphatic heterocycles. The third-order valence-corrected chi connectivity index (χ3v) is 6.98. The van der Waals surface area contributed by atoms with Crippen molar-refractivity contribution in [3.8, 4) is 28.1 Å². The number of benzene rings is 2. The van der Waals surface area contributed by atoms with E-state index in [2.05, 4.69) is 26.0 Å². The largest absolute Gasteiger partial charge is 0.504 e. The van der Waals surface area contributed by atoms with Gasteiger partial charge in [0, 0.05) is 29.9 Å². The standard InChI is InChI=1S/C29H27ClN6O4/c1-2-36-28(39)24(33-29(40)34-26-22(30)15-31-16-25(26)37)14-23(35-36)19-8-3-6-17(12-19)18-7-4-9-20(13-18)27(38)32-21-10-5-11-21/h3-4,6-9,12-16,21,37H,2,5,10-11H2,1H3,(H,32,38)(H2,31,33,34,40). The van der Waals surface area contributed by atoms with E-state index in [1.807, 2.05) is 42.5 Å². The average Bonchev–Trinajstić information content (AvgIpc) is 2.94. The molecule has 1 fully saturated rings. The molecule has 4 N–H and O–H groups in total. The van der Waals surface area contributed by atoms with Crippen LogP contribution in [0.15, 0.2) is 71.8 Å². The highest BCUT2D eigenvalue weighted by Crippen LogP contribution is 2.30. The number of hydrogen-bond acceptors (Lipinski definition) is 6. The second-order valence-corrected chi connectivity index (χ2v) is 9.83. The summed E-state index contributed by atoms with van der Waals surface area (Å²) < 4.78 is 1.25. The van der Waals surface area contributed by atoms with Crippen molar-refractivity contribution in [2.75, 3.05) is 10.6 Å². The van der Waals surface area contributed by atoms with E-state index in [0.29, 0.717) is 16.8 Å². The number of rotatable bonds is 7. The number of carbonyl (C=O) groups is 2. The maximum absolute atomic E-state index is 12.9. The molecule has 4 aromatic rings. The Labute approximate surface area is 235 Å². The lowest BCUT2D eigenvalue weighted by Gasteiger charge is -2.26. The Morgan fingerprint density at radius 3 is 2.45 bits per heavy atom. The number of pyridine rings is 1. The summed E-state index contributed by atoms with van der Waals surface area (Å²) in [6.07, 6.45) is 5.58. The maximum atomic E-state index is 12.9. The maximum Gasteiger partial charge on any atom is 0.323 e. The molecule has 40 heavy (non-hydrogen) atoms. The van der Waals surface area contributed by atoms with E-state index in [1.54, 1.807) is 13.0 Å². The number of aromatic nitrogens is 3. The lowest BCUT2D eigenvalue weighted by atomic mass is 9.92. The van der Waals surface area contributed by atoms with E-state index in [0.717, 1.165) is 36.6 Å². The van der Waals surface area contributed by atoms with Gasteiger partial charge in [-0.2, -0.15) is 5.10 Å². The monoisotopic (exact) mass is 558 g/mol. The van der Waals surface area contributed by atoms with Crippen LogP contribution in [0, 0.1) is 0 Å². The predicted octanol–water partition coefficient (Wildman–Crippen LogP) is 5.28. The second-order valence-electron chi connectivity index (χ2n) is 9.42. The van der Waals surface area contributed by atoms with E-state index in [-0.39, 0.29) is 40.6 Å². The van der Waals surface area contributed by atoms with Gasteiger partial charge in [-0.1, -0.05) is 41.9 Å². The lowest BCUT2D eigenvalue weighted by molar-refractivity contribution is 0.0917. The SMILES string of the molecule is CCn1nc(-c2cccc(-c3cccc(C(=O)NC4CCC4)c3)c2)cc(NC(=O)Nc2c(O)cncc2Cl)c1=O. The van der Waals surface area contributed by atoms with Gasteiger partial charge in [0.2, 0.25) is 0 Å². The minimum Gasteiger partial charge on any atom is -0.504 e. The molecule has 5 rings (SSSR count). The summed E-state index contributed by atoms with van der Waals surface area (Å²) in [6.45, 7) is 2.05. The van der Waals surface area contributed by atoms with Crippen LogP contribution in [0.5, 0.6) is 5.75 Å². The fraction of sp³-hybridized carbons (Fsp3) is 0.207. The summed E-state index contributed by atoms with van der Waals surface area (Å²) >= 11 is 6.02. The fourth-order valence-corrected chi connectivity index (χ4v) is 4.52. The minimum absolute atomic E-state index is 0.00548. The van der Waals surface area contributed by atoms with Crippen LogP contribution in [0.3, 0.4) is 0 Å². The zero-order valence-corrected chi connectivity index (χ0v) is 22.4. The van der Waals surface area contributed by atoms with Gasteiger partial charge in [0.1, 0.15) is 11.4 Å². The molecule has 0 saturated heterocycles. The van der Waals surface area contributed by atoms with Crippen molar-refractivity contribution in [1.29, 1.82) is 0 Å². The van der Waals surface area contributed by atoms with Crippen LogP contribution in [0.1, 0.15) is 36.5 Å². The van der Waals surface area contributed by atoms with Crippen molar-refractivity contribution in [3.05, 3.63) is 87.9 Å². The van der Waals surface area contributed by atoms with Gasteiger partial charge in [-0.3, -0.25) is 14.6 Å². The molecule has 11 heteroatoms. The molecule has 10 nitrogen and oxygen atoms in total. The Morgan fingerprint density at radius 2 is 1.75 bits per heavy atom. The van der Waals surface area contributed by atoms with E-state index in [1.165, 1.54) is 16.9 Å². The second kappa shape index (κ2) is 11.6. The normalized spacial score (nSPS) is 12.8. The van der Waals surface area contributed by atoms with Gasteiger partial charge in [0.05, 0.1) is 16.9 Å². The van der Waals surface area contributed by atoms with Gasteiger partial charge in [-0.05, 0) is 61.6 Å². The van der Waals surface area contributed by atoms with E-state index in [9.17, 15) is 19.5 Å². The van der Waals surface area contributed by atoms with Crippen LogP contribution >= 0.6 is 11.6 Å². The Bertz CT molecular complexity index is 1630. The van der Waals surface area contributed by atoms with Crippen molar-refractivity contribution in [1.82, 2.24) is 20.1 Å². The van der Waals surface area contributed by atoms with Gasteiger partial charge >= 0.3 is 6.03 Å². The highest BCUT2D eigenvalue weighted by Gasteiger charge is 2.20. The molecule has 0 radical (unpaired) electrons. The number of nitrogens with one attached hydrogen (secondary N) is 3. The molecular formula is C29H27ClN6O4. The number of halogens is 1. The molecule has 0 atom stereocenters. The Hall–Kier alpha value is -4.70. The molecule has 2 aromatic heterocycles. The summed E-state index contributed by atoms with van der Waals surface area (Å²) in [5.41, 5.74) is 2.95. The van der Waals surface area contributed by atoms with Crippen LogP contribution < -0.4 is 21.5 Å². The number of anilines is 2. The van der Waals surface area contributed by atoms with Crippen LogP contribution in [-0.4, -0.2) is 37.9 Å². The number of aryl methyl sites for hydroxylation is 1. The van der Waals surface area contributed by atoms with Gasteiger partial charge in [-0.25, -0.2) is 9.48 Å². The molecule has 0 unspecified atom stereocenters. The van der Waals surface area contributed by atoms with Crippen molar-refractivity contribution < 1.29 is 14.7 Å². The molecule has 1 aliphatic carbocycles. The third-order valence-electron chi connectivity index (χ3n) is 6.70. The summed E-state index contributed by atoms with van der Waals surface area (Å²) in [7, 11) is 0. The molecule has 0 spiro atoms. The third kappa shape index (κ3) is 5.81. The number of carbonyl (C=O) groups excluding carboxylic acids is 2. The molecule has 2 aromatic carbocycles. The number of urea groups is 1. The first-order chi connectivity index (χ1) is 19.3. The van der Waals surface area contributed by atoms with Crippen molar-refractivity contribution in [3.63, 3.8) is 0 Å². The van der Waals surface area contributed by atoms with Crippen LogP contribution in [-0.2, 0) is 6.54 Å². The van der Waals surface area contributed by atoms with Crippen molar-refractivity contribution >= 4 is 34.9 Å². The Kier molecular flexibility index (Phi) is 7.79. The van der Waals surface area contributed by atoms with Crippen molar-refractivity contribution in [2.45, 2.75) is 38.8 Å². The number of nitrogens with zero attached hydrogens (tertiary/aromatic N) is 3. The summed E-state index contributed by atoms with van der Waals surface area (Å²) in [5, 5.41) is 22.5. The molecule has 2 heterocycles. The molecule has 1 aliphatic rings. The predicted molar refractivity (Wildman–Crippen MR) is 154 cm³/mol. The van der Waals surface area contributed by atoms with Crippen molar-refractivity contribution in [2.24, 2.45) is 0 Å². The minimum atomic E-state index is -0.772. The summed E-state index contributed by atoms with van der Waals surface area (Å²) in [4.78, 5) is 42.0. The zero-order chi connectivity index (χ0) is 28.2. The van der Waals surface area contributed by atoms with Gasteiger partial charge < -0.3 is 21.1 Å². The first-order valence-electron chi connectivity index (χ1n) is 12.9. The smallest absolute Gasteiger partial charge is 0.323 e. The molecular weight excluding hydrogens is 532 g/mol. The molecule has 3 amide bonds. The Balaban J connectivity index is 1.42. The van der Waals surface area contributed by atoms with Crippen LogP contribution in [0.25, 0.3) is 22.4 Å². The topological polar surface area (TPSA) is 138 Å². The van der Waals surface area contributed by atoms with Crippen LogP contribution in [0.2, 0.25) is 5.02 Å². The van der Waals surface area contributed by atoms with Crippen LogP contribution in [0.4, 0.5) is 16.2 Å². The number of aromatic hydroxyl groups is 1. The Morgan fingerprint density at radius 1 is 1.02 bits per heavy atom. The van der Waals surface area contributed by atoms with E-state index >= 15 is 0 Å². The quantitative estimate of drug-likeness (QED) is 0.243. The zero-order valence-electron chi connectivity index (χ0n) is 21.6. The van der Waals surface area contributed by atoms with E-state index < -0.39 is 11.6 Å². The van der Waals surface area contributed by atoms with Gasteiger partial charge in [0.25, 0.3) is 11.5 Å². The number of hydrogen-bond donors (Lipinski definition) is 4.